The molecule has 0 spiro atoms. The van der Waals surface area contributed by atoms with E-state index >= 15 is 0 Å². The molecule has 96 valence electrons. The van der Waals surface area contributed by atoms with Crippen molar-refractivity contribution in [3.05, 3.63) is 48.3 Å². The minimum atomic E-state index is -1.53. The average molecular weight is 251 g/mol. The molecule has 5 heteroatoms. The Labute approximate surface area is 104 Å². The second-order valence-corrected chi connectivity index (χ2v) is 3.81. The third kappa shape index (κ3) is 3.16. The molecule has 4 nitrogen and oxygen atoms in total. The normalized spacial score (nSPS) is 13.9. The lowest BCUT2D eigenvalue weighted by Crippen LogP contribution is -2.51. The summed E-state index contributed by atoms with van der Waals surface area (Å²) in [6.45, 7) is 1.36. The largest absolute Gasteiger partial charge is 0.467 e. The second-order valence-electron chi connectivity index (χ2n) is 3.81. The van der Waals surface area contributed by atoms with E-state index in [4.69, 9.17) is 0 Å². The zero-order valence-electron chi connectivity index (χ0n) is 10.1. The summed E-state index contributed by atoms with van der Waals surface area (Å²) >= 11 is 0. The number of hydrogen-bond donors (Lipinski definition) is 1. The first kappa shape index (κ1) is 13.9. The lowest BCUT2D eigenvalue weighted by molar-refractivity contribution is -0.145. The molecule has 0 aliphatic heterocycles. The molecule has 0 radical (unpaired) electrons. The van der Waals surface area contributed by atoms with Gasteiger partial charge in [-0.25, -0.2) is 9.18 Å². The topological polar surface area (TPSA) is 55.4 Å². The molecule has 0 bridgehead atoms. The van der Waals surface area contributed by atoms with Crippen LogP contribution in [0.2, 0.25) is 0 Å². The molecule has 1 amide bonds. The maximum Gasteiger partial charge on any atom is 0.335 e. The first-order valence-corrected chi connectivity index (χ1v) is 5.27. The predicted octanol–water partition coefficient (Wildman–Crippen LogP) is 1.83. The second kappa shape index (κ2) is 5.95. The van der Waals surface area contributed by atoms with Crippen LogP contribution in [0.25, 0.3) is 0 Å². The maximum atomic E-state index is 12.3. The van der Waals surface area contributed by atoms with Gasteiger partial charge in [-0.15, -0.1) is 0 Å². The highest BCUT2D eigenvalue weighted by Crippen LogP contribution is 2.11. The van der Waals surface area contributed by atoms with E-state index in [0.29, 0.717) is 5.56 Å². The molecule has 1 aromatic rings. The fourth-order valence-electron chi connectivity index (χ4n) is 1.40. The maximum absolute atomic E-state index is 12.3. The molecule has 0 saturated carbocycles. The number of methoxy groups -OCH3 is 1. The number of nitrogens with one attached hydrogen (secondary N) is 1. The van der Waals surface area contributed by atoms with Gasteiger partial charge in [-0.05, 0) is 25.1 Å². The van der Waals surface area contributed by atoms with E-state index in [1.807, 2.05) is 0 Å². The molecule has 0 heterocycles. The van der Waals surface area contributed by atoms with Crippen molar-refractivity contribution < 1.29 is 18.7 Å². The summed E-state index contributed by atoms with van der Waals surface area (Å²) in [6, 6.07) is 8.32. The number of carbonyl (C=O) groups is 2. The van der Waals surface area contributed by atoms with Gasteiger partial charge in [0.1, 0.15) is 0 Å². The molecule has 1 atom stereocenters. The highest BCUT2D eigenvalue weighted by atomic mass is 19.1. The predicted molar refractivity (Wildman–Crippen MR) is 64.6 cm³/mol. The van der Waals surface area contributed by atoms with Gasteiger partial charge in [0.05, 0.1) is 13.4 Å². The number of hydrogen-bond acceptors (Lipinski definition) is 3. The lowest BCUT2D eigenvalue weighted by atomic mass is 10.0. The van der Waals surface area contributed by atoms with Gasteiger partial charge >= 0.3 is 5.97 Å². The van der Waals surface area contributed by atoms with Crippen LogP contribution in [0.5, 0.6) is 0 Å². The summed E-state index contributed by atoms with van der Waals surface area (Å²) < 4.78 is 16.8. The van der Waals surface area contributed by atoms with Gasteiger partial charge in [-0.3, -0.25) is 4.79 Å². The van der Waals surface area contributed by atoms with E-state index in [2.05, 4.69) is 10.1 Å². The monoisotopic (exact) mass is 251 g/mol. The Morgan fingerprint density at radius 2 is 1.94 bits per heavy atom. The Kier molecular flexibility index (Phi) is 4.59. The van der Waals surface area contributed by atoms with Gasteiger partial charge < -0.3 is 10.1 Å². The van der Waals surface area contributed by atoms with Crippen LogP contribution in [-0.4, -0.2) is 24.5 Å². The minimum Gasteiger partial charge on any atom is -0.467 e. The molecule has 18 heavy (non-hydrogen) atoms. The van der Waals surface area contributed by atoms with Crippen LogP contribution in [0.4, 0.5) is 4.39 Å². The molecule has 0 unspecified atom stereocenters. The Balaban J connectivity index is 2.92. The van der Waals surface area contributed by atoms with E-state index in [-0.39, 0.29) is 6.33 Å². The van der Waals surface area contributed by atoms with Crippen LogP contribution < -0.4 is 5.32 Å². The van der Waals surface area contributed by atoms with E-state index < -0.39 is 17.4 Å². The fraction of sp³-hybridized carbons (Fsp3) is 0.231. The number of ether oxygens (including phenoxy) is 1. The van der Waals surface area contributed by atoms with Gasteiger partial charge in [-0.1, -0.05) is 18.2 Å². The standard InChI is InChI=1S/C13H14FNO3/c1-13(8-9-14,12(17)18-2)15-11(16)10-6-4-3-5-7-10/h3-9H,1-2H3,(H,15,16)/b9-8-/t13-/m1/s1. The van der Waals surface area contributed by atoms with Gasteiger partial charge in [0.2, 0.25) is 0 Å². The SMILES string of the molecule is COC(=O)[C@@](C)(/C=C\F)NC(=O)c1ccccc1. The third-order valence-electron chi connectivity index (χ3n) is 2.41. The molecular formula is C13H14FNO3. The van der Waals surface area contributed by atoms with Crippen LogP contribution in [0.3, 0.4) is 0 Å². The van der Waals surface area contributed by atoms with Crippen LogP contribution in [0.1, 0.15) is 17.3 Å². The third-order valence-corrected chi connectivity index (χ3v) is 2.41. The number of carbonyl (C=O) groups excluding carboxylic acids is 2. The van der Waals surface area contributed by atoms with Crippen LogP contribution >= 0.6 is 0 Å². The summed E-state index contributed by atoms with van der Waals surface area (Å²) in [4.78, 5) is 23.4. The Morgan fingerprint density at radius 3 is 2.44 bits per heavy atom. The Bertz CT molecular complexity index is 459. The zero-order valence-corrected chi connectivity index (χ0v) is 10.1. The van der Waals surface area contributed by atoms with Crippen LogP contribution in [0.15, 0.2) is 42.7 Å². The first-order chi connectivity index (χ1) is 8.53. The average Bonchev–Trinajstić information content (AvgIpc) is 2.39. The number of halogens is 1. The van der Waals surface area contributed by atoms with E-state index in [9.17, 15) is 14.0 Å². The number of amides is 1. The van der Waals surface area contributed by atoms with Crippen LogP contribution in [-0.2, 0) is 9.53 Å². The molecule has 1 aromatic carbocycles. The van der Waals surface area contributed by atoms with Gasteiger partial charge in [0.15, 0.2) is 5.54 Å². The van der Waals surface area contributed by atoms with Crippen molar-refractivity contribution in [3.63, 3.8) is 0 Å². The Morgan fingerprint density at radius 1 is 1.33 bits per heavy atom. The van der Waals surface area contributed by atoms with Crippen molar-refractivity contribution in [2.45, 2.75) is 12.5 Å². The van der Waals surface area contributed by atoms with Crippen molar-refractivity contribution >= 4 is 11.9 Å². The van der Waals surface area contributed by atoms with Gasteiger partial charge in [-0.2, -0.15) is 0 Å². The first-order valence-electron chi connectivity index (χ1n) is 5.27. The summed E-state index contributed by atoms with van der Waals surface area (Å²) in [5, 5.41) is 2.42. The van der Waals surface area contributed by atoms with Crippen molar-refractivity contribution in [2.75, 3.05) is 7.11 Å². The van der Waals surface area contributed by atoms with E-state index in [0.717, 1.165) is 6.08 Å². The van der Waals surface area contributed by atoms with Crippen LogP contribution in [0, 0.1) is 0 Å². The zero-order chi connectivity index (χ0) is 13.6. The molecular weight excluding hydrogens is 237 g/mol. The molecule has 0 aliphatic rings. The fourth-order valence-corrected chi connectivity index (χ4v) is 1.40. The molecule has 0 fully saturated rings. The minimum absolute atomic E-state index is 0.197. The number of benzene rings is 1. The summed E-state index contributed by atoms with van der Waals surface area (Å²) in [6.07, 6.45) is 1.13. The number of rotatable bonds is 4. The van der Waals surface area contributed by atoms with E-state index in [1.54, 1.807) is 30.3 Å². The highest BCUT2D eigenvalue weighted by molar-refractivity contribution is 5.98. The van der Waals surface area contributed by atoms with Crippen molar-refractivity contribution in [1.82, 2.24) is 5.32 Å². The quantitative estimate of drug-likeness (QED) is 0.831. The number of esters is 1. The molecule has 0 aromatic heterocycles. The van der Waals surface area contributed by atoms with Gasteiger partial charge in [0, 0.05) is 5.56 Å². The molecule has 1 rings (SSSR count). The molecule has 1 N–H and O–H groups in total. The molecule has 0 aliphatic carbocycles. The summed E-state index contributed by atoms with van der Waals surface area (Å²) in [7, 11) is 1.17. The summed E-state index contributed by atoms with van der Waals surface area (Å²) in [5.41, 5.74) is -1.16. The Hall–Kier alpha value is -2.17. The highest BCUT2D eigenvalue weighted by Gasteiger charge is 2.33. The van der Waals surface area contributed by atoms with Crippen molar-refractivity contribution in [3.8, 4) is 0 Å². The summed E-state index contributed by atoms with van der Waals surface area (Å²) in [5.74, 6) is -1.23. The van der Waals surface area contributed by atoms with E-state index in [1.165, 1.54) is 14.0 Å². The molecule has 0 saturated heterocycles. The lowest BCUT2D eigenvalue weighted by Gasteiger charge is -2.23. The smallest absolute Gasteiger partial charge is 0.335 e. The van der Waals surface area contributed by atoms with Crippen molar-refractivity contribution in [2.24, 2.45) is 0 Å². The van der Waals surface area contributed by atoms with Crippen molar-refractivity contribution in [1.29, 1.82) is 0 Å². The van der Waals surface area contributed by atoms with Gasteiger partial charge in [0.25, 0.3) is 5.91 Å².